The molecular weight excluding hydrogens is 632 g/mol. The molecule has 3 heterocycles. The lowest BCUT2D eigenvalue weighted by atomic mass is 9.96. The normalized spacial score (nSPS) is 13.2. The third kappa shape index (κ3) is 5.70. The van der Waals surface area contributed by atoms with Gasteiger partial charge in [-0.2, -0.15) is 0 Å². The third-order valence-electron chi connectivity index (χ3n) is 7.81. The van der Waals surface area contributed by atoms with Gasteiger partial charge in [0.05, 0.1) is 5.56 Å². The van der Waals surface area contributed by atoms with E-state index in [0.717, 1.165) is 27.2 Å². The summed E-state index contributed by atoms with van der Waals surface area (Å²) in [5, 5.41) is 18.1. The van der Waals surface area contributed by atoms with Crippen LogP contribution in [-0.4, -0.2) is 49.9 Å². The van der Waals surface area contributed by atoms with E-state index < -0.39 is 40.6 Å². The van der Waals surface area contributed by atoms with Crippen LogP contribution in [0, 0.1) is 4.84 Å². The number of primary amides is 1. The molecule has 0 aliphatic carbocycles. The third-order valence-corrected chi connectivity index (χ3v) is 8.07. The standard InChI is InChI=1S/C30H24N8O8S/c31-20-22(24(40)23(20)39)37-8-7-14-2-1-13(9-17(14)12-37)11-33-26(42)18-10-19(38-29(34-18)36-46-30(38)47)27(43)35-21(25(32)41)15-3-5-16(6-4-15)28(44)45/h1-6,9-10,21H,7-8,11-12,31H2,(H2,32,41)(H,33,42)(H,35,43)(H,44,45)/t21-/m1/s1. The number of anilines is 2. The number of amides is 3. The SMILES string of the molecule is NC(=O)[C@H](NC(=O)c1cc(C(=O)NCc2ccc3c(c2)CN(c2c(N)c(=O)c2=O)CC3)nc2noc(=S)n12)c1ccc(C(=O)O)cc1. The Kier molecular flexibility index (Phi) is 7.82. The highest BCUT2D eigenvalue weighted by Crippen LogP contribution is 2.26. The molecule has 0 bridgehead atoms. The van der Waals surface area contributed by atoms with Crippen molar-refractivity contribution in [2.75, 3.05) is 17.2 Å². The second-order valence-corrected chi connectivity index (χ2v) is 11.1. The largest absolute Gasteiger partial charge is 0.478 e. The number of nitrogen functional groups attached to an aromatic ring is 1. The first kappa shape index (κ1) is 30.8. The number of aromatic nitrogens is 3. The van der Waals surface area contributed by atoms with Crippen molar-refractivity contribution in [3.8, 4) is 0 Å². The zero-order chi connectivity index (χ0) is 33.6. The number of carboxylic acids is 1. The Morgan fingerprint density at radius 3 is 2.45 bits per heavy atom. The van der Waals surface area contributed by atoms with Crippen LogP contribution in [0.25, 0.3) is 5.78 Å². The fraction of sp³-hybridized carbons (Fsp3) is 0.167. The Morgan fingerprint density at radius 2 is 1.77 bits per heavy atom. The number of benzene rings is 2. The summed E-state index contributed by atoms with van der Waals surface area (Å²) >= 11 is 5.14. The van der Waals surface area contributed by atoms with Crippen LogP contribution in [0.1, 0.15) is 59.6 Å². The van der Waals surface area contributed by atoms with E-state index >= 15 is 0 Å². The smallest absolute Gasteiger partial charge is 0.335 e. The number of hydrogen-bond acceptors (Lipinski definition) is 12. The van der Waals surface area contributed by atoms with Gasteiger partial charge in [-0.05, 0) is 64.2 Å². The molecule has 47 heavy (non-hydrogen) atoms. The van der Waals surface area contributed by atoms with Gasteiger partial charge in [0.15, 0.2) is 0 Å². The minimum Gasteiger partial charge on any atom is -0.478 e. The van der Waals surface area contributed by atoms with E-state index in [1.54, 1.807) is 4.90 Å². The van der Waals surface area contributed by atoms with Crippen molar-refractivity contribution in [2.45, 2.75) is 25.6 Å². The van der Waals surface area contributed by atoms with Gasteiger partial charge in [-0.15, -0.1) is 0 Å². The molecule has 7 N–H and O–H groups in total. The number of nitrogens with two attached hydrogens (primary N) is 2. The maximum absolute atomic E-state index is 13.5. The second kappa shape index (κ2) is 11.9. The average Bonchev–Trinajstić information content (AvgIpc) is 3.45. The highest BCUT2D eigenvalue weighted by atomic mass is 32.1. The number of nitrogens with one attached hydrogen (secondary N) is 2. The molecule has 1 atom stereocenters. The van der Waals surface area contributed by atoms with Gasteiger partial charge in [0.1, 0.15) is 28.8 Å². The Labute approximate surface area is 268 Å². The monoisotopic (exact) mass is 656 g/mol. The minimum absolute atomic E-state index is 0.0337. The molecule has 1 aliphatic heterocycles. The van der Waals surface area contributed by atoms with Crippen molar-refractivity contribution >= 4 is 53.1 Å². The number of fused-ring (bicyclic) bond motifs is 2. The van der Waals surface area contributed by atoms with Crippen LogP contribution < -0.4 is 37.9 Å². The zero-order valence-corrected chi connectivity index (χ0v) is 25.0. The highest BCUT2D eigenvalue weighted by Gasteiger charge is 2.28. The predicted molar refractivity (Wildman–Crippen MR) is 167 cm³/mol. The molecule has 3 amide bonds. The van der Waals surface area contributed by atoms with Crippen molar-refractivity contribution in [1.29, 1.82) is 0 Å². The van der Waals surface area contributed by atoms with Gasteiger partial charge in [-0.3, -0.25) is 24.0 Å². The van der Waals surface area contributed by atoms with Crippen molar-refractivity contribution in [1.82, 2.24) is 25.2 Å². The number of aromatic carboxylic acids is 1. The van der Waals surface area contributed by atoms with Crippen LogP contribution in [0.2, 0.25) is 0 Å². The first-order valence-corrected chi connectivity index (χ1v) is 14.4. The lowest BCUT2D eigenvalue weighted by molar-refractivity contribution is -0.120. The first-order chi connectivity index (χ1) is 22.4. The van der Waals surface area contributed by atoms with E-state index in [9.17, 15) is 28.8 Å². The maximum Gasteiger partial charge on any atom is 0.335 e. The molecule has 2 aromatic heterocycles. The molecule has 0 radical (unpaired) electrons. The minimum atomic E-state index is -1.37. The molecule has 0 unspecified atom stereocenters. The van der Waals surface area contributed by atoms with Gasteiger partial charge in [-0.1, -0.05) is 30.3 Å². The van der Waals surface area contributed by atoms with Gasteiger partial charge in [0.25, 0.3) is 28.4 Å². The van der Waals surface area contributed by atoms with Gasteiger partial charge in [-0.25, -0.2) is 14.2 Å². The Morgan fingerprint density at radius 1 is 1.02 bits per heavy atom. The van der Waals surface area contributed by atoms with Gasteiger partial charge in [0, 0.05) is 19.6 Å². The lowest BCUT2D eigenvalue weighted by Gasteiger charge is -2.32. The molecule has 17 heteroatoms. The fourth-order valence-corrected chi connectivity index (χ4v) is 5.59. The van der Waals surface area contributed by atoms with E-state index in [1.165, 1.54) is 24.3 Å². The first-order valence-electron chi connectivity index (χ1n) is 14.0. The predicted octanol–water partition coefficient (Wildman–Crippen LogP) is 0.377. The van der Waals surface area contributed by atoms with Crippen molar-refractivity contribution in [3.63, 3.8) is 0 Å². The summed E-state index contributed by atoms with van der Waals surface area (Å²) in [5.74, 6) is -3.84. The van der Waals surface area contributed by atoms with Crippen molar-refractivity contribution < 1.29 is 28.8 Å². The van der Waals surface area contributed by atoms with Crippen LogP contribution in [0.4, 0.5) is 11.4 Å². The number of carboxylic acid groups (broad SMARTS) is 1. The molecule has 0 fully saturated rings. The number of nitrogens with zero attached hydrogens (tertiary/aromatic N) is 4. The van der Waals surface area contributed by atoms with Crippen LogP contribution in [0.5, 0.6) is 0 Å². The Hall–Kier alpha value is -6.23. The number of carbonyl (C=O) groups is 4. The molecule has 3 aromatic carbocycles. The molecule has 0 saturated carbocycles. The fourth-order valence-electron chi connectivity index (χ4n) is 5.37. The molecule has 238 valence electrons. The lowest BCUT2D eigenvalue weighted by Crippen LogP contribution is -2.44. The molecule has 16 nitrogen and oxygen atoms in total. The molecule has 0 spiro atoms. The van der Waals surface area contributed by atoms with Crippen LogP contribution in [0.15, 0.2) is 62.6 Å². The summed E-state index contributed by atoms with van der Waals surface area (Å²) in [6, 6.07) is 10.6. The quantitative estimate of drug-likeness (QED) is 0.106. The van der Waals surface area contributed by atoms with Gasteiger partial charge in [0.2, 0.25) is 5.91 Å². The van der Waals surface area contributed by atoms with Crippen LogP contribution in [0.3, 0.4) is 0 Å². The maximum atomic E-state index is 13.5. The Balaban J connectivity index is 1.21. The van der Waals surface area contributed by atoms with E-state index in [2.05, 4.69) is 20.8 Å². The molecule has 6 rings (SSSR count). The van der Waals surface area contributed by atoms with E-state index in [1.807, 2.05) is 18.2 Å². The zero-order valence-electron chi connectivity index (χ0n) is 24.2. The molecule has 0 saturated heterocycles. The summed E-state index contributed by atoms with van der Waals surface area (Å²) in [7, 11) is 0. The number of hydrogen-bond donors (Lipinski definition) is 5. The van der Waals surface area contributed by atoms with E-state index in [0.29, 0.717) is 19.5 Å². The summed E-state index contributed by atoms with van der Waals surface area (Å²) in [5.41, 5.74) is 12.7. The summed E-state index contributed by atoms with van der Waals surface area (Å²) in [4.78, 5) is 79.5. The average molecular weight is 657 g/mol. The topological polar surface area (TPSA) is 245 Å². The van der Waals surface area contributed by atoms with Gasteiger partial charge < -0.3 is 36.6 Å². The second-order valence-electron chi connectivity index (χ2n) is 10.7. The van der Waals surface area contributed by atoms with Crippen molar-refractivity contribution in [2.24, 2.45) is 5.73 Å². The number of carbonyl (C=O) groups excluding carboxylic acids is 3. The summed E-state index contributed by atoms with van der Waals surface area (Å²) in [6.45, 7) is 0.973. The van der Waals surface area contributed by atoms with E-state index in [4.69, 9.17) is 33.3 Å². The summed E-state index contributed by atoms with van der Waals surface area (Å²) in [6.07, 6.45) is 0.638. The van der Waals surface area contributed by atoms with Gasteiger partial charge >= 0.3 is 10.8 Å². The van der Waals surface area contributed by atoms with Crippen LogP contribution >= 0.6 is 12.2 Å². The molecular formula is C30H24N8O8S. The number of rotatable bonds is 9. The van der Waals surface area contributed by atoms with Crippen molar-refractivity contribution in [3.05, 3.63) is 113 Å². The molecule has 5 aromatic rings. The summed E-state index contributed by atoms with van der Waals surface area (Å²) < 4.78 is 6.08. The highest BCUT2D eigenvalue weighted by molar-refractivity contribution is 7.71. The van der Waals surface area contributed by atoms with E-state index in [-0.39, 0.29) is 51.0 Å². The van der Waals surface area contributed by atoms with Crippen LogP contribution in [-0.2, 0) is 24.3 Å². The Bertz CT molecular complexity index is 2250. The molecule has 1 aliphatic rings.